The molecule has 1 aromatic rings. The van der Waals surface area contributed by atoms with Crippen molar-refractivity contribution in [1.29, 1.82) is 0 Å². The molecule has 0 radical (unpaired) electrons. The van der Waals surface area contributed by atoms with Gasteiger partial charge < -0.3 is 15.2 Å². The minimum absolute atomic E-state index is 0.214. The van der Waals surface area contributed by atoms with E-state index in [0.717, 1.165) is 36.2 Å². The van der Waals surface area contributed by atoms with E-state index in [1.54, 1.807) is 7.11 Å². The van der Waals surface area contributed by atoms with E-state index in [-0.39, 0.29) is 5.75 Å². The number of nitrogens with zero attached hydrogens (tertiary/aromatic N) is 1. The zero-order valence-electron chi connectivity index (χ0n) is 12.5. The molecule has 2 fully saturated rings. The van der Waals surface area contributed by atoms with Gasteiger partial charge in [0.05, 0.1) is 7.11 Å². The maximum atomic E-state index is 9.96. The average molecular weight is 355 g/mol. The summed E-state index contributed by atoms with van der Waals surface area (Å²) in [5.41, 5.74) is 1.64. The lowest BCUT2D eigenvalue weighted by atomic mass is 9.78. The quantitative estimate of drug-likeness (QED) is 0.875. The van der Waals surface area contributed by atoms with E-state index in [4.69, 9.17) is 4.74 Å². The molecule has 0 aliphatic carbocycles. The van der Waals surface area contributed by atoms with E-state index >= 15 is 0 Å². The molecule has 1 spiro atoms. The summed E-state index contributed by atoms with van der Waals surface area (Å²) in [6.07, 6.45) is 3.88. The second kappa shape index (κ2) is 6.15. The van der Waals surface area contributed by atoms with Crippen molar-refractivity contribution in [1.82, 2.24) is 10.2 Å². The number of hydrogen-bond donors (Lipinski definition) is 2. The van der Waals surface area contributed by atoms with Crippen LogP contribution in [0.2, 0.25) is 0 Å². The normalized spacial score (nSPS) is 21.8. The first kappa shape index (κ1) is 15.1. The van der Waals surface area contributed by atoms with Gasteiger partial charge in [0, 0.05) is 17.6 Å². The average Bonchev–Trinajstić information content (AvgIpc) is 2.86. The Morgan fingerprint density at radius 3 is 2.81 bits per heavy atom. The number of aromatic hydroxyl groups is 1. The maximum Gasteiger partial charge on any atom is 0.161 e. The number of piperidine rings is 1. The number of halogens is 1. The number of methoxy groups -OCH3 is 1. The van der Waals surface area contributed by atoms with E-state index in [1.165, 1.54) is 25.8 Å². The number of phenols is 1. The Bertz CT molecular complexity index is 515. The van der Waals surface area contributed by atoms with E-state index in [1.807, 2.05) is 12.1 Å². The van der Waals surface area contributed by atoms with Gasteiger partial charge in [-0.3, -0.25) is 4.90 Å². The van der Waals surface area contributed by atoms with Crippen LogP contribution in [0.4, 0.5) is 0 Å². The van der Waals surface area contributed by atoms with Gasteiger partial charge in [0.2, 0.25) is 0 Å². The lowest BCUT2D eigenvalue weighted by Gasteiger charge is -2.34. The Kier molecular flexibility index (Phi) is 4.43. The number of nitrogens with one attached hydrogen (secondary N) is 1. The monoisotopic (exact) mass is 354 g/mol. The number of benzene rings is 1. The summed E-state index contributed by atoms with van der Waals surface area (Å²) in [7, 11) is 1.57. The number of hydrogen-bond acceptors (Lipinski definition) is 4. The van der Waals surface area contributed by atoms with Crippen LogP contribution in [0.25, 0.3) is 0 Å². The Hall–Kier alpha value is -0.780. The van der Waals surface area contributed by atoms with Gasteiger partial charge in [-0.1, -0.05) is 15.9 Å². The molecule has 21 heavy (non-hydrogen) atoms. The number of ether oxygens (including phenoxy) is 1. The first-order valence-electron chi connectivity index (χ1n) is 7.60. The Labute approximate surface area is 134 Å². The van der Waals surface area contributed by atoms with Gasteiger partial charge in [0.15, 0.2) is 11.5 Å². The SMILES string of the molecule is COc1cc(Br)c(CN2CCC3(CCNCC3)C2)cc1O. The highest BCUT2D eigenvalue weighted by molar-refractivity contribution is 9.10. The molecule has 0 amide bonds. The highest BCUT2D eigenvalue weighted by atomic mass is 79.9. The third-order valence-electron chi connectivity index (χ3n) is 4.92. The fourth-order valence-electron chi connectivity index (χ4n) is 3.64. The van der Waals surface area contributed by atoms with Gasteiger partial charge >= 0.3 is 0 Å². The molecule has 2 saturated heterocycles. The fourth-order valence-corrected chi connectivity index (χ4v) is 4.09. The number of likely N-dealkylation sites (tertiary alicyclic amines) is 1. The van der Waals surface area contributed by atoms with Crippen LogP contribution in [0.3, 0.4) is 0 Å². The molecule has 2 N–H and O–H groups in total. The van der Waals surface area contributed by atoms with Gasteiger partial charge in [-0.25, -0.2) is 0 Å². The minimum atomic E-state index is 0.214. The molecule has 0 atom stereocenters. The summed E-state index contributed by atoms with van der Waals surface area (Å²) in [4.78, 5) is 2.51. The summed E-state index contributed by atoms with van der Waals surface area (Å²) < 4.78 is 6.14. The standard InChI is InChI=1S/C16H23BrN2O2/c1-21-15-9-13(17)12(8-14(15)20)10-19-7-4-16(11-19)2-5-18-6-3-16/h8-9,18,20H,2-7,10-11H2,1H3. The second-order valence-electron chi connectivity index (χ2n) is 6.33. The van der Waals surface area contributed by atoms with Gasteiger partial charge in [-0.15, -0.1) is 0 Å². The molecule has 2 heterocycles. The van der Waals surface area contributed by atoms with Gasteiger partial charge in [0.25, 0.3) is 0 Å². The molecule has 0 unspecified atom stereocenters. The van der Waals surface area contributed by atoms with Crippen molar-refractivity contribution in [2.45, 2.75) is 25.8 Å². The highest BCUT2D eigenvalue weighted by Gasteiger charge is 2.38. The van der Waals surface area contributed by atoms with E-state index < -0.39 is 0 Å². The van der Waals surface area contributed by atoms with Crippen molar-refractivity contribution >= 4 is 15.9 Å². The van der Waals surface area contributed by atoms with Crippen molar-refractivity contribution < 1.29 is 9.84 Å². The van der Waals surface area contributed by atoms with Crippen LogP contribution in [0.5, 0.6) is 11.5 Å². The van der Waals surface area contributed by atoms with Crippen LogP contribution in [-0.4, -0.2) is 43.3 Å². The maximum absolute atomic E-state index is 9.96. The molecule has 2 aliphatic rings. The van der Waals surface area contributed by atoms with Crippen LogP contribution in [0, 0.1) is 5.41 Å². The zero-order valence-corrected chi connectivity index (χ0v) is 14.1. The van der Waals surface area contributed by atoms with Crippen molar-refractivity contribution in [2.24, 2.45) is 5.41 Å². The topological polar surface area (TPSA) is 44.7 Å². The summed E-state index contributed by atoms with van der Waals surface area (Å²) in [6.45, 7) is 5.52. The number of phenolic OH excluding ortho intramolecular Hbond substituents is 1. The molecule has 3 rings (SSSR count). The van der Waals surface area contributed by atoms with Crippen molar-refractivity contribution in [3.8, 4) is 11.5 Å². The summed E-state index contributed by atoms with van der Waals surface area (Å²) in [5, 5.41) is 13.4. The number of rotatable bonds is 3. The fraction of sp³-hybridized carbons (Fsp3) is 0.625. The molecule has 2 aliphatic heterocycles. The molecule has 116 valence electrons. The first-order valence-corrected chi connectivity index (χ1v) is 8.40. The lowest BCUT2D eigenvalue weighted by Crippen LogP contribution is -2.38. The summed E-state index contributed by atoms with van der Waals surface area (Å²) >= 11 is 3.59. The predicted octanol–water partition coefficient (Wildman–Crippen LogP) is 2.74. The van der Waals surface area contributed by atoms with Crippen LogP contribution >= 0.6 is 15.9 Å². The van der Waals surface area contributed by atoms with Gasteiger partial charge in [-0.05, 0) is 62.0 Å². The molecule has 0 aromatic heterocycles. The third kappa shape index (κ3) is 3.20. The predicted molar refractivity (Wildman–Crippen MR) is 86.8 cm³/mol. The van der Waals surface area contributed by atoms with E-state index in [2.05, 4.69) is 26.1 Å². The van der Waals surface area contributed by atoms with Crippen molar-refractivity contribution in [3.05, 3.63) is 22.2 Å². The van der Waals surface area contributed by atoms with Gasteiger partial charge in [0.1, 0.15) is 0 Å². The Morgan fingerprint density at radius 1 is 1.33 bits per heavy atom. The zero-order chi connectivity index (χ0) is 14.9. The van der Waals surface area contributed by atoms with E-state index in [0.29, 0.717) is 11.2 Å². The molecule has 4 nitrogen and oxygen atoms in total. The molecule has 1 aromatic carbocycles. The first-order chi connectivity index (χ1) is 10.1. The van der Waals surface area contributed by atoms with Crippen LogP contribution < -0.4 is 10.1 Å². The summed E-state index contributed by atoms with van der Waals surface area (Å²) in [5.74, 6) is 0.730. The lowest BCUT2D eigenvalue weighted by molar-refractivity contribution is 0.194. The smallest absolute Gasteiger partial charge is 0.161 e. The molecule has 0 bridgehead atoms. The van der Waals surface area contributed by atoms with Gasteiger partial charge in [-0.2, -0.15) is 0 Å². The third-order valence-corrected chi connectivity index (χ3v) is 5.66. The Balaban J connectivity index is 1.69. The van der Waals surface area contributed by atoms with Crippen LogP contribution in [0.1, 0.15) is 24.8 Å². The Morgan fingerprint density at radius 2 is 2.10 bits per heavy atom. The van der Waals surface area contributed by atoms with Crippen LogP contribution in [-0.2, 0) is 6.54 Å². The molecule has 5 heteroatoms. The second-order valence-corrected chi connectivity index (χ2v) is 7.18. The largest absolute Gasteiger partial charge is 0.504 e. The van der Waals surface area contributed by atoms with Crippen molar-refractivity contribution in [2.75, 3.05) is 33.3 Å². The molecular formula is C16H23BrN2O2. The highest BCUT2D eigenvalue weighted by Crippen LogP contribution is 2.40. The molecular weight excluding hydrogens is 332 g/mol. The van der Waals surface area contributed by atoms with E-state index in [9.17, 15) is 5.11 Å². The van der Waals surface area contributed by atoms with Crippen LogP contribution in [0.15, 0.2) is 16.6 Å². The minimum Gasteiger partial charge on any atom is -0.504 e. The van der Waals surface area contributed by atoms with Crippen molar-refractivity contribution in [3.63, 3.8) is 0 Å². The summed E-state index contributed by atoms with van der Waals surface area (Å²) in [6, 6.07) is 3.66. The molecule has 0 saturated carbocycles.